The maximum absolute atomic E-state index is 12.3. The van der Waals surface area contributed by atoms with Crippen molar-refractivity contribution in [2.75, 3.05) is 26.2 Å². The number of carboxylic acids is 1. The molecule has 0 aromatic heterocycles. The number of carbonyl (C=O) groups is 2. The third-order valence-electron chi connectivity index (χ3n) is 4.40. The number of unbranched alkanes of at least 4 members (excludes halogenated alkanes) is 1. The Morgan fingerprint density at radius 3 is 2.35 bits per heavy atom. The Morgan fingerprint density at radius 2 is 1.85 bits per heavy atom. The Bertz CT molecular complexity index is 347. The van der Waals surface area contributed by atoms with Crippen molar-refractivity contribution in [2.24, 2.45) is 5.92 Å². The van der Waals surface area contributed by atoms with Gasteiger partial charge in [-0.3, -0.25) is 14.5 Å². The third kappa shape index (κ3) is 4.20. The molecule has 20 heavy (non-hydrogen) atoms. The van der Waals surface area contributed by atoms with Gasteiger partial charge in [0.05, 0.1) is 12.5 Å². The van der Waals surface area contributed by atoms with Crippen molar-refractivity contribution in [3.63, 3.8) is 0 Å². The lowest BCUT2D eigenvalue weighted by Crippen LogP contribution is -2.45. The number of aliphatic carboxylic acids is 1. The van der Waals surface area contributed by atoms with Crippen LogP contribution in [0.4, 0.5) is 0 Å². The molecular weight excluding hydrogens is 256 g/mol. The highest BCUT2D eigenvalue weighted by Gasteiger charge is 2.32. The highest BCUT2D eigenvalue weighted by atomic mass is 16.4. The predicted molar refractivity (Wildman–Crippen MR) is 76.4 cm³/mol. The van der Waals surface area contributed by atoms with E-state index in [1.165, 1.54) is 12.8 Å². The van der Waals surface area contributed by atoms with Crippen LogP contribution in [0.2, 0.25) is 0 Å². The van der Waals surface area contributed by atoms with Gasteiger partial charge in [0.25, 0.3) is 0 Å². The summed E-state index contributed by atoms with van der Waals surface area (Å²) in [7, 11) is 0. The summed E-state index contributed by atoms with van der Waals surface area (Å²) in [5, 5.41) is 8.98. The SMILES string of the molecule is CCCCN(CC(=O)N1CCC(C(=O)O)CC1)C1CC1. The van der Waals surface area contributed by atoms with Crippen molar-refractivity contribution >= 4 is 11.9 Å². The molecule has 1 saturated carbocycles. The number of amides is 1. The second-order valence-corrected chi connectivity index (χ2v) is 6.05. The molecular formula is C15H26N2O3. The van der Waals surface area contributed by atoms with E-state index in [1.807, 2.05) is 4.90 Å². The zero-order chi connectivity index (χ0) is 14.5. The molecule has 0 aromatic carbocycles. The summed E-state index contributed by atoms with van der Waals surface area (Å²) in [6, 6.07) is 0.613. The first-order chi connectivity index (χ1) is 9.61. The number of carboxylic acid groups (broad SMARTS) is 1. The van der Waals surface area contributed by atoms with Crippen LogP contribution in [0, 0.1) is 5.92 Å². The number of carbonyl (C=O) groups excluding carboxylic acids is 1. The molecule has 2 rings (SSSR count). The van der Waals surface area contributed by atoms with E-state index in [-0.39, 0.29) is 11.8 Å². The Kier molecular flexibility index (Phi) is 5.40. The summed E-state index contributed by atoms with van der Waals surface area (Å²) >= 11 is 0. The largest absolute Gasteiger partial charge is 0.481 e. The standard InChI is InChI=1S/C15H26N2O3/c1-2-3-8-17(13-4-5-13)11-14(18)16-9-6-12(7-10-16)15(19)20/h12-13H,2-11H2,1H3,(H,19,20). The van der Waals surface area contributed by atoms with Crippen LogP contribution in [-0.2, 0) is 9.59 Å². The Labute approximate surface area is 120 Å². The fraction of sp³-hybridized carbons (Fsp3) is 0.867. The molecule has 0 atom stereocenters. The zero-order valence-electron chi connectivity index (χ0n) is 12.4. The Morgan fingerprint density at radius 1 is 1.20 bits per heavy atom. The van der Waals surface area contributed by atoms with Gasteiger partial charge >= 0.3 is 5.97 Å². The number of nitrogens with zero attached hydrogens (tertiary/aromatic N) is 2. The normalized spacial score (nSPS) is 20.4. The van der Waals surface area contributed by atoms with Crippen molar-refractivity contribution in [2.45, 2.75) is 51.5 Å². The highest BCUT2D eigenvalue weighted by molar-refractivity contribution is 5.79. The lowest BCUT2D eigenvalue weighted by atomic mass is 9.97. The molecule has 1 N–H and O–H groups in total. The first kappa shape index (κ1) is 15.3. The summed E-state index contributed by atoms with van der Waals surface area (Å²) in [4.78, 5) is 27.4. The van der Waals surface area contributed by atoms with E-state index in [2.05, 4.69) is 11.8 Å². The van der Waals surface area contributed by atoms with Gasteiger partial charge in [0.2, 0.25) is 5.91 Å². The Hall–Kier alpha value is -1.10. The molecule has 1 saturated heterocycles. The van der Waals surface area contributed by atoms with E-state index in [0.717, 1.165) is 19.4 Å². The first-order valence-corrected chi connectivity index (χ1v) is 7.86. The van der Waals surface area contributed by atoms with E-state index >= 15 is 0 Å². The van der Waals surface area contributed by atoms with Crippen molar-refractivity contribution < 1.29 is 14.7 Å². The fourth-order valence-electron chi connectivity index (χ4n) is 2.84. The van der Waals surface area contributed by atoms with E-state index in [9.17, 15) is 9.59 Å². The molecule has 1 aliphatic carbocycles. The van der Waals surface area contributed by atoms with Gasteiger partial charge in [-0.15, -0.1) is 0 Å². The van der Waals surface area contributed by atoms with Crippen molar-refractivity contribution in [3.05, 3.63) is 0 Å². The van der Waals surface area contributed by atoms with Gasteiger partial charge < -0.3 is 10.0 Å². The van der Waals surface area contributed by atoms with Crippen LogP contribution in [0.25, 0.3) is 0 Å². The lowest BCUT2D eigenvalue weighted by molar-refractivity contribution is -0.146. The highest BCUT2D eigenvalue weighted by Crippen LogP contribution is 2.27. The minimum atomic E-state index is -0.723. The summed E-state index contributed by atoms with van der Waals surface area (Å²) in [6.45, 7) is 4.90. The molecule has 0 unspecified atom stereocenters. The van der Waals surface area contributed by atoms with Crippen molar-refractivity contribution in [1.82, 2.24) is 9.80 Å². The predicted octanol–water partition coefficient (Wildman–Crippen LogP) is 1.57. The lowest BCUT2D eigenvalue weighted by Gasteiger charge is -2.32. The van der Waals surface area contributed by atoms with E-state index in [1.54, 1.807) is 0 Å². The van der Waals surface area contributed by atoms with Crippen molar-refractivity contribution in [3.8, 4) is 0 Å². The quantitative estimate of drug-likeness (QED) is 0.770. The molecule has 1 heterocycles. The molecule has 0 spiro atoms. The van der Waals surface area contributed by atoms with Crippen LogP contribution < -0.4 is 0 Å². The second kappa shape index (κ2) is 7.07. The first-order valence-electron chi connectivity index (χ1n) is 7.86. The number of hydrogen-bond donors (Lipinski definition) is 1. The van der Waals surface area contributed by atoms with Crippen LogP contribution in [0.3, 0.4) is 0 Å². The maximum atomic E-state index is 12.3. The molecule has 114 valence electrons. The minimum absolute atomic E-state index is 0.178. The van der Waals surface area contributed by atoms with Gasteiger partial charge in [-0.05, 0) is 38.6 Å². The van der Waals surface area contributed by atoms with Gasteiger partial charge in [-0.2, -0.15) is 0 Å². The number of piperidine rings is 1. The van der Waals surface area contributed by atoms with Gasteiger partial charge in [0.15, 0.2) is 0 Å². The van der Waals surface area contributed by atoms with Gasteiger partial charge in [-0.1, -0.05) is 13.3 Å². The topological polar surface area (TPSA) is 60.9 Å². The van der Waals surface area contributed by atoms with Gasteiger partial charge in [-0.25, -0.2) is 0 Å². The van der Waals surface area contributed by atoms with Crippen LogP contribution in [-0.4, -0.2) is 59.0 Å². The van der Waals surface area contributed by atoms with Crippen LogP contribution in [0.1, 0.15) is 45.4 Å². The van der Waals surface area contributed by atoms with Crippen molar-refractivity contribution in [1.29, 1.82) is 0 Å². The van der Waals surface area contributed by atoms with Gasteiger partial charge in [0, 0.05) is 19.1 Å². The van der Waals surface area contributed by atoms with E-state index in [4.69, 9.17) is 5.11 Å². The zero-order valence-corrected chi connectivity index (χ0v) is 12.4. The van der Waals surface area contributed by atoms with Crippen LogP contribution in [0.5, 0.6) is 0 Å². The molecule has 1 amide bonds. The molecule has 5 nitrogen and oxygen atoms in total. The molecule has 2 fully saturated rings. The molecule has 0 radical (unpaired) electrons. The molecule has 1 aliphatic heterocycles. The van der Waals surface area contributed by atoms with Crippen LogP contribution in [0.15, 0.2) is 0 Å². The van der Waals surface area contributed by atoms with E-state index < -0.39 is 5.97 Å². The molecule has 2 aliphatic rings. The smallest absolute Gasteiger partial charge is 0.306 e. The summed E-state index contributed by atoms with van der Waals surface area (Å²) in [5.74, 6) is -0.810. The maximum Gasteiger partial charge on any atom is 0.306 e. The number of likely N-dealkylation sites (tertiary alicyclic amines) is 1. The van der Waals surface area contributed by atoms with Crippen LogP contribution >= 0.6 is 0 Å². The molecule has 5 heteroatoms. The minimum Gasteiger partial charge on any atom is -0.481 e. The molecule has 0 bridgehead atoms. The van der Waals surface area contributed by atoms with E-state index in [0.29, 0.717) is 38.5 Å². The summed E-state index contributed by atoms with van der Waals surface area (Å²) in [6.07, 6.45) is 5.93. The fourth-order valence-corrected chi connectivity index (χ4v) is 2.84. The number of hydrogen-bond acceptors (Lipinski definition) is 3. The Balaban J connectivity index is 1.77. The average molecular weight is 282 g/mol. The summed E-state index contributed by atoms with van der Waals surface area (Å²) in [5.41, 5.74) is 0. The monoisotopic (exact) mass is 282 g/mol. The average Bonchev–Trinajstić information content (AvgIpc) is 3.27. The third-order valence-corrected chi connectivity index (χ3v) is 4.40. The van der Waals surface area contributed by atoms with Gasteiger partial charge in [0.1, 0.15) is 0 Å². The number of rotatable bonds is 7. The summed E-state index contributed by atoms with van der Waals surface area (Å²) < 4.78 is 0. The second-order valence-electron chi connectivity index (χ2n) is 6.05. The molecule has 0 aromatic rings.